The Kier molecular flexibility index (Phi) is 15.5. The zero-order chi connectivity index (χ0) is 62.3. The number of terminal acetylenes is 4. The van der Waals surface area contributed by atoms with E-state index in [4.69, 9.17) is 59.1 Å². The van der Waals surface area contributed by atoms with Crippen LogP contribution in [0.3, 0.4) is 0 Å². The van der Waals surface area contributed by atoms with Crippen molar-refractivity contribution in [3.8, 4) is 49.4 Å². The van der Waals surface area contributed by atoms with E-state index >= 15 is 0 Å². The average molecular weight is 1090 g/mol. The summed E-state index contributed by atoms with van der Waals surface area (Å²) < 4.78 is 121. The summed E-state index contributed by atoms with van der Waals surface area (Å²) in [5, 5.41) is 75.0. The first-order valence-electron chi connectivity index (χ1n) is 23.9. The van der Waals surface area contributed by atoms with Crippen LogP contribution >= 0.6 is 0 Å². The van der Waals surface area contributed by atoms with Crippen LogP contribution in [0.4, 0.5) is 17.6 Å². The van der Waals surface area contributed by atoms with Crippen LogP contribution in [0.5, 0.6) is 0 Å². The SMILES string of the molecule is C#Cc1cn([C@@H]2O[C@](F)(CO)C[C@H]2O)c(=O)[nH]c1=O.[2H]C([2H])(O)[C@]1(F)C[C@@H](O)[C@H](n2cc(C#C)c(=O)[nH]c2=O)O1.[2H]C([2H])(O)[C@]1(F)C[C@@H](O)[C@]([2H])(n2cc(C#C)c(=O)[nH]c2=O)O1.[2H][C@@]1(n2cc(C#C)c(=O)[nH]c2=O)O[C@](F)(CO)C[C@H]1O. The van der Waals surface area contributed by atoms with E-state index in [-0.39, 0.29) is 22.3 Å². The Morgan fingerprint density at radius 2 is 0.737 bits per heavy atom. The van der Waals surface area contributed by atoms with Crippen molar-refractivity contribution in [3.63, 3.8) is 0 Å². The number of aliphatic hydroxyl groups excluding tert-OH is 6. The van der Waals surface area contributed by atoms with Crippen LogP contribution in [0.1, 0.15) is 81.0 Å². The van der Waals surface area contributed by atoms with Crippen LogP contribution in [0.25, 0.3) is 0 Å². The van der Waals surface area contributed by atoms with Gasteiger partial charge in [-0.25, -0.2) is 36.7 Å². The Morgan fingerprint density at radius 1 is 0.487 bits per heavy atom. The van der Waals surface area contributed by atoms with Gasteiger partial charge < -0.3 is 59.8 Å². The summed E-state index contributed by atoms with van der Waals surface area (Å²) in [4.78, 5) is 99.4. The second kappa shape index (κ2) is 23.4. The van der Waals surface area contributed by atoms with Gasteiger partial charge in [0.15, 0.2) is 24.9 Å². The van der Waals surface area contributed by atoms with Gasteiger partial charge in [-0.05, 0) is 0 Å². The Labute approximate surface area is 428 Å². The molecule has 0 aromatic carbocycles. The van der Waals surface area contributed by atoms with Crippen molar-refractivity contribution in [1.82, 2.24) is 38.2 Å². The number of hydrogen-bond acceptors (Lipinski definition) is 20. The van der Waals surface area contributed by atoms with Crippen LogP contribution < -0.4 is 45.0 Å². The predicted octanol–water partition coefficient (Wildman–Crippen LogP) is -6.18. The fraction of sp³-hybridized carbons (Fsp3) is 0.455. The smallest absolute Gasteiger partial charge is 0.330 e. The molecule has 0 amide bonds. The first-order valence-corrected chi connectivity index (χ1v) is 20.9. The van der Waals surface area contributed by atoms with Crippen molar-refractivity contribution < 1.29 is 85.6 Å². The highest BCUT2D eigenvalue weighted by atomic mass is 19.2. The molecule has 32 heteroatoms. The van der Waals surface area contributed by atoms with Crippen molar-refractivity contribution in [2.24, 2.45) is 0 Å². The molecule has 76 heavy (non-hydrogen) atoms. The van der Waals surface area contributed by atoms with E-state index in [9.17, 15) is 76.3 Å². The molecule has 4 saturated heterocycles. The van der Waals surface area contributed by atoms with E-state index < -0.39 is 170 Å². The summed E-state index contributed by atoms with van der Waals surface area (Å²) in [6.07, 6.45) is 5.32. The molecule has 12 N–H and O–H groups in total. The third kappa shape index (κ3) is 12.8. The van der Waals surface area contributed by atoms with Gasteiger partial charge in [0, 0.05) is 50.5 Å². The molecule has 8 heterocycles. The van der Waals surface area contributed by atoms with E-state index in [1.165, 1.54) is 0 Å². The molecular weight excluding hydrogens is 1040 g/mol. The largest absolute Gasteiger partial charge is 0.390 e. The Bertz CT molecular complexity index is 3800. The van der Waals surface area contributed by atoms with Gasteiger partial charge in [-0.3, -0.25) is 57.4 Å². The molecule has 4 aromatic heterocycles. The van der Waals surface area contributed by atoms with E-state index in [0.29, 0.717) is 19.9 Å². The number of nitrogens with zero attached hydrogens (tertiary/aromatic N) is 4. The Hall–Kier alpha value is -7.80. The molecule has 4 aromatic rings. The van der Waals surface area contributed by atoms with Gasteiger partial charge in [-0.15, -0.1) is 25.7 Å². The van der Waals surface area contributed by atoms with Crippen LogP contribution in [0.15, 0.2) is 63.1 Å². The van der Waals surface area contributed by atoms with Gasteiger partial charge in [-0.2, -0.15) is 0 Å². The van der Waals surface area contributed by atoms with Gasteiger partial charge in [0.05, 0.1) is 8.22 Å². The maximum Gasteiger partial charge on any atom is 0.330 e. The predicted molar refractivity (Wildman–Crippen MR) is 244 cm³/mol. The van der Waals surface area contributed by atoms with E-state index in [1.807, 2.05) is 32.7 Å². The molecule has 0 saturated carbocycles. The number of alkyl halides is 4. The van der Waals surface area contributed by atoms with Crippen LogP contribution in [0.2, 0.25) is 0 Å². The van der Waals surface area contributed by atoms with E-state index in [0.717, 1.165) is 23.2 Å². The van der Waals surface area contributed by atoms with Crippen LogP contribution in [-0.4, -0.2) is 153 Å². The molecule has 0 spiro atoms. The van der Waals surface area contributed by atoms with Crippen molar-refractivity contribution in [1.29, 1.82) is 0 Å². The zero-order valence-electron chi connectivity index (χ0n) is 44.1. The first-order chi connectivity index (χ1) is 37.7. The highest BCUT2D eigenvalue weighted by molar-refractivity contribution is 5.28. The second-order valence-corrected chi connectivity index (χ2v) is 16.0. The third-order valence-corrected chi connectivity index (χ3v) is 10.6. The van der Waals surface area contributed by atoms with Crippen LogP contribution in [0, 0.1) is 49.4 Å². The van der Waals surface area contributed by atoms with Gasteiger partial charge in [0.25, 0.3) is 22.2 Å². The first kappa shape index (κ1) is 50.4. The molecule has 0 aliphatic carbocycles. The third-order valence-electron chi connectivity index (χ3n) is 10.6. The molecule has 408 valence electrons. The number of nitrogens with one attached hydrogen (secondary N) is 4. The Balaban J connectivity index is 0.000000201. The lowest BCUT2D eigenvalue weighted by Gasteiger charge is -2.19. The number of aromatic amines is 4. The van der Waals surface area contributed by atoms with Crippen molar-refractivity contribution >= 4 is 0 Å². The number of ether oxygens (including phenoxy) is 4. The summed E-state index contributed by atoms with van der Waals surface area (Å²) in [5.41, 5.74) is -8.68. The molecule has 4 aliphatic heterocycles. The molecule has 8 rings (SSSR count). The quantitative estimate of drug-likeness (QED) is 0.0577. The molecule has 0 bridgehead atoms. The second-order valence-electron chi connectivity index (χ2n) is 16.0. The molecule has 4 aliphatic rings. The molecule has 0 unspecified atom stereocenters. The van der Waals surface area contributed by atoms with Gasteiger partial charge in [-0.1, -0.05) is 23.7 Å². The fourth-order valence-electron chi connectivity index (χ4n) is 7.00. The van der Waals surface area contributed by atoms with Crippen molar-refractivity contribution in [2.75, 3.05) is 26.3 Å². The zero-order valence-corrected chi connectivity index (χ0v) is 38.1. The van der Waals surface area contributed by atoms with Crippen LogP contribution in [-0.2, 0) is 18.9 Å². The average Bonchev–Trinajstić information content (AvgIpc) is 3.92. The summed E-state index contributed by atoms with van der Waals surface area (Å²) in [7, 11) is 0. The maximum absolute atomic E-state index is 14.3. The highest BCUT2D eigenvalue weighted by Crippen LogP contribution is 2.39. The van der Waals surface area contributed by atoms with Gasteiger partial charge in [0.1, 0.15) is 73.0 Å². The summed E-state index contributed by atoms with van der Waals surface area (Å²) in [6.45, 7) is -8.97. The summed E-state index contributed by atoms with van der Waals surface area (Å²) in [5.74, 6) is -3.77. The summed E-state index contributed by atoms with van der Waals surface area (Å²) in [6, 6.07) is 0. The van der Waals surface area contributed by atoms with E-state index in [2.05, 4.69) is 20.1 Å². The number of aliphatic hydroxyl groups is 8. The lowest BCUT2D eigenvalue weighted by molar-refractivity contribution is -0.181. The number of hydrogen-bond donors (Lipinski definition) is 12. The minimum atomic E-state index is -3.53. The minimum absolute atomic E-state index is 0.157. The molecule has 12 atom stereocenters. The summed E-state index contributed by atoms with van der Waals surface area (Å²) >= 11 is 0. The lowest BCUT2D eigenvalue weighted by Crippen LogP contribution is -2.37. The minimum Gasteiger partial charge on any atom is -0.390 e. The monoisotopic (exact) mass is 1090 g/mol. The topological polar surface area (TPSA) is 418 Å². The fourth-order valence-corrected chi connectivity index (χ4v) is 7.00. The highest BCUT2D eigenvalue weighted by Gasteiger charge is 2.50. The number of H-pyrrole nitrogens is 4. The molecule has 4 fully saturated rings. The molecule has 28 nitrogen and oxygen atoms in total. The normalized spacial score (nSPS) is 33.7. The van der Waals surface area contributed by atoms with E-state index in [1.54, 1.807) is 4.98 Å². The van der Waals surface area contributed by atoms with Crippen molar-refractivity contribution in [3.05, 3.63) is 130 Å². The van der Waals surface area contributed by atoms with Gasteiger partial charge in [0.2, 0.25) is 23.4 Å². The molecular formula is C44H44F4N8O20. The standard InChI is InChI=1S/4C11H11FN2O5/c4*1-2-6-4-14(10(18)13-8(6)17)9-7(16)3-11(12,5-15)19-9/h4*1,4,7,9,15-16H,3,5H2,(H,13,17,18)/t4*7-,9-,11+/m1111/s1/i5D2,9D;9D;5D2;. The van der Waals surface area contributed by atoms with Crippen molar-refractivity contribution in [2.45, 2.75) is 98.4 Å². The Morgan fingerprint density at radius 3 is 1.01 bits per heavy atom. The molecule has 0 radical (unpaired) electrons. The number of halogens is 4. The number of aromatic nitrogens is 8. The van der Waals surface area contributed by atoms with Gasteiger partial charge >= 0.3 is 22.8 Å². The maximum atomic E-state index is 14.3. The number of rotatable bonds is 8. The lowest BCUT2D eigenvalue weighted by atomic mass is 10.2.